The van der Waals surface area contributed by atoms with Gasteiger partial charge in [-0.2, -0.15) is 0 Å². The lowest BCUT2D eigenvalue weighted by molar-refractivity contribution is 0.0211. The molecule has 130 valence electrons. The zero-order valence-electron chi connectivity index (χ0n) is 14.6. The van der Waals surface area contributed by atoms with Gasteiger partial charge in [0.2, 0.25) is 0 Å². The molecule has 0 saturated carbocycles. The number of carbonyl (C=O) groups is 1. The van der Waals surface area contributed by atoms with Crippen molar-refractivity contribution in [2.24, 2.45) is 0 Å². The second kappa shape index (κ2) is 8.70. The lowest BCUT2D eigenvalue weighted by Gasteiger charge is -2.31. The minimum atomic E-state index is -0.464. The van der Waals surface area contributed by atoms with Crippen LogP contribution in [0.2, 0.25) is 0 Å². The molecule has 0 aromatic carbocycles. The Hall–Kier alpha value is -0.850. The number of nitrogens with one attached hydrogen (secondary N) is 1. The highest BCUT2D eigenvalue weighted by atomic mass is 16.6. The van der Waals surface area contributed by atoms with Crippen LogP contribution >= 0.6 is 0 Å². The van der Waals surface area contributed by atoms with E-state index in [-0.39, 0.29) is 30.8 Å². The zero-order chi connectivity index (χ0) is 16.8. The lowest BCUT2D eigenvalue weighted by Crippen LogP contribution is -2.46. The van der Waals surface area contributed by atoms with Gasteiger partial charge >= 0.3 is 6.09 Å². The van der Waals surface area contributed by atoms with Crippen LogP contribution < -0.4 is 5.32 Å². The predicted octanol–water partition coefficient (Wildman–Crippen LogP) is 1.76. The van der Waals surface area contributed by atoms with Gasteiger partial charge < -0.3 is 24.8 Å². The number of amides is 1. The first kappa shape index (κ1) is 19.2. The Morgan fingerprint density at radius 1 is 1.45 bits per heavy atom. The highest BCUT2D eigenvalue weighted by molar-refractivity contribution is 5.68. The molecular weight excluding hydrogens is 284 g/mol. The number of likely N-dealkylation sites (tertiary alicyclic amines) is 1. The lowest BCUT2D eigenvalue weighted by atomic mass is 10.1. The summed E-state index contributed by atoms with van der Waals surface area (Å²) in [5, 5.41) is 12.7. The molecule has 1 aliphatic heterocycles. The van der Waals surface area contributed by atoms with E-state index in [9.17, 15) is 9.90 Å². The molecule has 2 N–H and O–H groups in total. The number of carbonyl (C=O) groups excluding carboxylic acids is 1. The molecule has 0 aromatic heterocycles. The van der Waals surface area contributed by atoms with Crippen molar-refractivity contribution in [3.63, 3.8) is 0 Å². The van der Waals surface area contributed by atoms with Crippen LogP contribution in [0.25, 0.3) is 0 Å². The number of aliphatic hydroxyl groups excluding tert-OH is 1. The maximum Gasteiger partial charge on any atom is 0.410 e. The van der Waals surface area contributed by atoms with Crippen molar-refractivity contribution in [1.82, 2.24) is 10.2 Å². The van der Waals surface area contributed by atoms with Crippen LogP contribution in [0.5, 0.6) is 0 Å². The Morgan fingerprint density at radius 2 is 2.14 bits per heavy atom. The van der Waals surface area contributed by atoms with E-state index in [0.717, 1.165) is 25.8 Å². The Balaban J connectivity index is 2.50. The highest BCUT2D eigenvalue weighted by Gasteiger charge is 2.33. The van der Waals surface area contributed by atoms with Crippen molar-refractivity contribution >= 4 is 6.09 Å². The Morgan fingerprint density at radius 3 is 2.68 bits per heavy atom. The molecule has 1 saturated heterocycles. The maximum atomic E-state index is 12.3. The molecule has 0 aliphatic carbocycles. The van der Waals surface area contributed by atoms with Crippen LogP contribution in [-0.2, 0) is 9.47 Å². The topological polar surface area (TPSA) is 71.0 Å². The smallest absolute Gasteiger partial charge is 0.410 e. The first-order valence-corrected chi connectivity index (χ1v) is 8.12. The first-order chi connectivity index (χ1) is 10.3. The van der Waals surface area contributed by atoms with Gasteiger partial charge in [-0.1, -0.05) is 0 Å². The number of aliphatic hydroxyl groups is 1. The van der Waals surface area contributed by atoms with E-state index in [1.807, 2.05) is 25.7 Å². The normalized spacial score (nSPS) is 21.7. The van der Waals surface area contributed by atoms with E-state index in [4.69, 9.17) is 9.47 Å². The fourth-order valence-corrected chi connectivity index (χ4v) is 2.87. The maximum absolute atomic E-state index is 12.3. The number of rotatable bonds is 7. The van der Waals surface area contributed by atoms with Crippen molar-refractivity contribution in [2.45, 2.75) is 70.7 Å². The quantitative estimate of drug-likeness (QED) is 0.749. The minimum absolute atomic E-state index is 0.0403. The molecule has 1 amide bonds. The third-order valence-corrected chi connectivity index (χ3v) is 3.74. The molecule has 6 nitrogen and oxygen atoms in total. The predicted molar refractivity (Wildman–Crippen MR) is 85.9 cm³/mol. The van der Waals surface area contributed by atoms with Gasteiger partial charge in [0.25, 0.3) is 0 Å². The summed E-state index contributed by atoms with van der Waals surface area (Å²) in [6.07, 6.45) is 2.63. The van der Waals surface area contributed by atoms with Crippen LogP contribution in [-0.4, -0.2) is 66.7 Å². The Labute approximate surface area is 134 Å². The second-order valence-electron chi connectivity index (χ2n) is 7.11. The number of methoxy groups -OCH3 is 1. The number of nitrogens with zero attached hydrogens (tertiary/aromatic N) is 1. The summed E-state index contributed by atoms with van der Waals surface area (Å²) < 4.78 is 10.6. The van der Waals surface area contributed by atoms with Crippen molar-refractivity contribution in [3.05, 3.63) is 0 Å². The molecule has 1 heterocycles. The van der Waals surface area contributed by atoms with Gasteiger partial charge in [-0.3, -0.25) is 0 Å². The molecule has 0 radical (unpaired) electrons. The SMILES string of the molecule is COC[C@H](CO)N[C@@H](C)C[C@@H]1CCCN1C(=O)OC(C)(C)C. The van der Waals surface area contributed by atoms with E-state index in [1.54, 1.807) is 7.11 Å². The van der Waals surface area contributed by atoms with E-state index in [1.165, 1.54) is 0 Å². The minimum Gasteiger partial charge on any atom is -0.444 e. The van der Waals surface area contributed by atoms with Gasteiger partial charge in [0.1, 0.15) is 5.60 Å². The summed E-state index contributed by atoms with van der Waals surface area (Å²) in [6, 6.07) is 0.316. The molecule has 22 heavy (non-hydrogen) atoms. The van der Waals surface area contributed by atoms with E-state index >= 15 is 0 Å². The van der Waals surface area contributed by atoms with Crippen LogP contribution in [0.3, 0.4) is 0 Å². The van der Waals surface area contributed by atoms with Gasteiger partial charge in [0.05, 0.1) is 19.3 Å². The van der Waals surface area contributed by atoms with Gasteiger partial charge in [0, 0.05) is 25.7 Å². The van der Waals surface area contributed by atoms with Gasteiger partial charge in [-0.15, -0.1) is 0 Å². The van der Waals surface area contributed by atoms with E-state index < -0.39 is 5.60 Å². The summed E-state index contributed by atoms with van der Waals surface area (Å²) in [4.78, 5) is 14.1. The molecule has 6 heteroatoms. The number of hydrogen-bond donors (Lipinski definition) is 2. The molecule has 1 fully saturated rings. The van der Waals surface area contributed by atoms with Gasteiger partial charge in [-0.05, 0) is 47.0 Å². The Kier molecular flexibility index (Phi) is 7.59. The van der Waals surface area contributed by atoms with E-state index in [0.29, 0.717) is 6.61 Å². The van der Waals surface area contributed by atoms with E-state index in [2.05, 4.69) is 12.2 Å². The summed E-state index contributed by atoms with van der Waals surface area (Å²) in [5.41, 5.74) is -0.464. The number of ether oxygens (including phenoxy) is 2. The van der Waals surface area contributed by atoms with Gasteiger partial charge in [0.15, 0.2) is 0 Å². The number of hydrogen-bond acceptors (Lipinski definition) is 5. The van der Waals surface area contributed by atoms with Crippen molar-refractivity contribution in [3.8, 4) is 0 Å². The van der Waals surface area contributed by atoms with Gasteiger partial charge in [-0.25, -0.2) is 4.79 Å². The monoisotopic (exact) mass is 316 g/mol. The molecule has 3 atom stereocenters. The third-order valence-electron chi connectivity index (χ3n) is 3.74. The van der Waals surface area contributed by atoms with Crippen LogP contribution in [0, 0.1) is 0 Å². The fourth-order valence-electron chi connectivity index (χ4n) is 2.87. The van der Waals surface area contributed by atoms with Crippen LogP contribution in [0.4, 0.5) is 4.79 Å². The standard InChI is InChI=1S/C16H32N2O4/c1-12(17-13(10-19)11-21-5)9-14-7-6-8-18(14)15(20)22-16(2,3)4/h12-14,17,19H,6-11H2,1-5H3/t12-,13-,14-/m0/s1. The highest BCUT2D eigenvalue weighted by Crippen LogP contribution is 2.24. The summed E-state index contributed by atoms with van der Waals surface area (Å²) in [7, 11) is 1.62. The van der Waals surface area contributed by atoms with Crippen molar-refractivity contribution in [1.29, 1.82) is 0 Å². The average molecular weight is 316 g/mol. The first-order valence-electron chi connectivity index (χ1n) is 8.12. The molecule has 0 bridgehead atoms. The Bertz CT molecular complexity index is 344. The molecular formula is C16H32N2O4. The third kappa shape index (κ3) is 6.50. The second-order valence-corrected chi connectivity index (χ2v) is 7.11. The summed E-state index contributed by atoms with van der Waals surface area (Å²) in [5.74, 6) is 0. The molecule has 0 aromatic rings. The van der Waals surface area contributed by atoms with Crippen LogP contribution in [0.15, 0.2) is 0 Å². The molecule has 0 unspecified atom stereocenters. The largest absolute Gasteiger partial charge is 0.444 e. The molecule has 1 aliphatic rings. The van der Waals surface area contributed by atoms with Crippen molar-refractivity contribution < 1.29 is 19.4 Å². The van der Waals surface area contributed by atoms with Crippen molar-refractivity contribution in [2.75, 3.05) is 26.9 Å². The molecule has 1 rings (SSSR count). The summed E-state index contributed by atoms with van der Waals surface area (Å²) >= 11 is 0. The summed E-state index contributed by atoms with van der Waals surface area (Å²) in [6.45, 7) is 9.00. The average Bonchev–Trinajstić information content (AvgIpc) is 2.84. The zero-order valence-corrected chi connectivity index (χ0v) is 14.6. The van der Waals surface area contributed by atoms with Crippen LogP contribution in [0.1, 0.15) is 47.0 Å². The fraction of sp³-hybridized carbons (Fsp3) is 0.938. The molecule has 0 spiro atoms.